The molecule has 4 saturated carbocycles. The molecule has 2 nitrogen and oxygen atoms in total. The predicted molar refractivity (Wildman–Crippen MR) is 83.9 cm³/mol. The van der Waals surface area contributed by atoms with Gasteiger partial charge in [0, 0.05) is 17.0 Å². The van der Waals surface area contributed by atoms with Crippen LogP contribution in [-0.4, -0.2) is 10.8 Å². The molecule has 2 unspecified atom stereocenters. The molecule has 0 aromatic heterocycles. The van der Waals surface area contributed by atoms with Crippen LogP contribution >= 0.6 is 11.6 Å². The SMILES string of the molecule is O=C(NCc1ccccc1F)C12CC3CC(CC(Cl)(C3)C1)C2. The maximum atomic E-state index is 13.7. The van der Waals surface area contributed by atoms with E-state index in [9.17, 15) is 9.18 Å². The van der Waals surface area contributed by atoms with Crippen molar-refractivity contribution in [3.05, 3.63) is 35.6 Å². The highest BCUT2D eigenvalue weighted by Gasteiger charge is 2.59. The van der Waals surface area contributed by atoms with E-state index >= 15 is 0 Å². The lowest BCUT2D eigenvalue weighted by Gasteiger charge is -2.59. The van der Waals surface area contributed by atoms with Crippen molar-refractivity contribution in [2.75, 3.05) is 0 Å². The van der Waals surface area contributed by atoms with E-state index in [1.54, 1.807) is 18.2 Å². The molecule has 22 heavy (non-hydrogen) atoms. The minimum atomic E-state index is -0.308. The van der Waals surface area contributed by atoms with Gasteiger partial charge in [0.1, 0.15) is 5.82 Å². The first-order valence-corrected chi connectivity index (χ1v) is 8.57. The highest BCUT2D eigenvalue weighted by atomic mass is 35.5. The Bertz CT molecular complexity index is 603. The largest absolute Gasteiger partial charge is 0.351 e. The maximum absolute atomic E-state index is 13.7. The van der Waals surface area contributed by atoms with Crippen molar-refractivity contribution < 1.29 is 9.18 Å². The van der Waals surface area contributed by atoms with Gasteiger partial charge in [0.25, 0.3) is 0 Å². The van der Waals surface area contributed by atoms with Crippen LogP contribution in [0.25, 0.3) is 0 Å². The molecule has 4 aliphatic carbocycles. The number of carbonyl (C=O) groups excluding carboxylic acids is 1. The fraction of sp³-hybridized carbons (Fsp3) is 0.611. The number of amides is 1. The summed E-state index contributed by atoms with van der Waals surface area (Å²) in [7, 11) is 0. The molecule has 0 saturated heterocycles. The Balaban J connectivity index is 1.50. The van der Waals surface area contributed by atoms with Gasteiger partial charge in [0.15, 0.2) is 0 Å². The summed E-state index contributed by atoms with van der Waals surface area (Å²) in [5.74, 6) is 1.01. The van der Waals surface area contributed by atoms with E-state index in [-0.39, 0.29) is 28.6 Å². The van der Waals surface area contributed by atoms with Crippen molar-refractivity contribution in [1.29, 1.82) is 0 Å². The van der Waals surface area contributed by atoms with Gasteiger partial charge in [0.05, 0.1) is 5.41 Å². The lowest BCUT2D eigenvalue weighted by Crippen LogP contribution is -2.58. The number of rotatable bonds is 3. The molecule has 4 fully saturated rings. The Morgan fingerprint density at radius 2 is 1.91 bits per heavy atom. The lowest BCUT2D eigenvalue weighted by molar-refractivity contribution is -0.144. The van der Waals surface area contributed by atoms with Crippen LogP contribution in [-0.2, 0) is 11.3 Å². The van der Waals surface area contributed by atoms with Crippen molar-refractivity contribution in [2.45, 2.75) is 49.9 Å². The van der Waals surface area contributed by atoms with E-state index in [2.05, 4.69) is 5.32 Å². The highest BCUT2D eigenvalue weighted by Crippen LogP contribution is 2.63. The molecule has 0 aliphatic heterocycles. The van der Waals surface area contributed by atoms with Gasteiger partial charge in [-0.25, -0.2) is 4.39 Å². The standard InChI is InChI=1S/C18H21ClFNO/c19-18-8-12-5-13(9-18)7-17(6-12,11-18)16(22)21-10-14-3-1-2-4-15(14)20/h1-4,12-13H,5-11H2,(H,21,22). The van der Waals surface area contributed by atoms with Gasteiger partial charge in [0.2, 0.25) is 5.91 Å². The minimum absolute atomic E-state index is 0.0786. The zero-order valence-corrected chi connectivity index (χ0v) is 13.3. The number of halogens is 2. The van der Waals surface area contributed by atoms with Gasteiger partial charge in [-0.1, -0.05) is 18.2 Å². The molecule has 118 valence electrons. The maximum Gasteiger partial charge on any atom is 0.226 e. The van der Waals surface area contributed by atoms with Gasteiger partial charge in [-0.3, -0.25) is 4.79 Å². The Kier molecular flexibility index (Phi) is 3.26. The summed E-state index contributed by atoms with van der Waals surface area (Å²) >= 11 is 6.77. The Labute approximate surface area is 135 Å². The first-order valence-electron chi connectivity index (χ1n) is 8.19. The van der Waals surface area contributed by atoms with Gasteiger partial charge in [-0.2, -0.15) is 0 Å². The van der Waals surface area contributed by atoms with Gasteiger partial charge in [-0.05, 0) is 56.4 Å². The molecule has 4 aliphatic rings. The average molecular weight is 322 g/mol. The first kappa shape index (κ1) is 14.5. The van der Waals surface area contributed by atoms with E-state index in [0.717, 1.165) is 32.1 Å². The van der Waals surface area contributed by atoms with Gasteiger partial charge < -0.3 is 5.32 Å². The fourth-order valence-electron chi connectivity index (χ4n) is 5.42. The second-order valence-corrected chi connectivity index (χ2v) is 8.47. The lowest BCUT2D eigenvalue weighted by atomic mass is 9.49. The van der Waals surface area contributed by atoms with E-state index in [1.165, 1.54) is 12.5 Å². The van der Waals surface area contributed by atoms with Crippen molar-refractivity contribution >= 4 is 17.5 Å². The Morgan fingerprint density at radius 3 is 2.55 bits per heavy atom. The van der Waals surface area contributed by atoms with Crippen LogP contribution in [0.5, 0.6) is 0 Å². The third kappa shape index (κ3) is 2.34. The summed E-state index contributed by atoms with van der Waals surface area (Å²) in [5, 5.41) is 2.98. The van der Waals surface area contributed by atoms with Crippen LogP contribution in [0.3, 0.4) is 0 Å². The number of hydrogen-bond donors (Lipinski definition) is 1. The normalized spacial score (nSPS) is 39.0. The Hall–Kier alpha value is -1.09. The number of alkyl halides is 1. The third-order valence-corrected chi connectivity index (χ3v) is 6.31. The Morgan fingerprint density at radius 1 is 1.23 bits per heavy atom. The smallest absolute Gasteiger partial charge is 0.226 e. The molecule has 0 spiro atoms. The molecule has 0 radical (unpaired) electrons. The summed E-state index contributed by atoms with van der Waals surface area (Å²) in [6.45, 7) is 0.262. The average Bonchev–Trinajstić information content (AvgIpc) is 2.43. The highest BCUT2D eigenvalue weighted by molar-refractivity contribution is 6.24. The number of carbonyl (C=O) groups is 1. The van der Waals surface area contributed by atoms with E-state index < -0.39 is 0 Å². The zero-order chi connectivity index (χ0) is 15.4. The second kappa shape index (κ2) is 4.95. The quantitative estimate of drug-likeness (QED) is 0.837. The number of benzene rings is 1. The predicted octanol–water partition coefficient (Wildman–Crippen LogP) is 4.02. The monoisotopic (exact) mass is 321 g/mol. The summed E-state index contributed by atoms with van der Waals surface area (Å²) in [5.41, 5.74) is 0.234. The van der Waals surface area contributed by atoms with Gasteiger partial charge >= 0.3 is 0 Å². The molecule has 4 heteroatoms. The van der Waals surface area contributed by atoms with Crippen molar-refractivity contribution in [1.82, 2.24) is 5.32 Å². The van der Waals surface area contributed by atoms with E-state index in [4.69, 9.17) is 11.6 Å². The van der Waals surface area contributed by atoms with Crippen LogP contribution in [0.2, 0.25) is 0 Å². The molecule has 0 heterocycles. The summed E-state index contributed by atoms with van der Waals surface area (Å²) < 4.78 is 13.7. The van der Waals surface area contributed by atoms with Crippen LogP contribution in [0.1, 0.15) is 44.1 Å². The van der Waals surface area contributed by atoms with Crippen LogP contribution < -0.4 is 5.32 Å². The fourth-order valence-corrected chi connectivity index (χ4v) is 6.11. The molecule has 5 rings (SSSR count). The summed E-state index contributed by atoms with van der Waals surface area (Å²) in [6.07, 6.45) is 6.07. The van der Waals surface area contributed by atoms with Crippen molar-refractivity contribution in [3.63, 3.8) is 0 Å². The van der Waals surface area contributed by atoms with Crippen LogP contribution in [0.4, 0.5) is 4.39 Å². The molecule has 1 amide bonds. The first-order chi connectivity index (χ1) is 10.5. The molecule has 2 atom stereocenters. The van der Waals surface area contributed by atoms with Crippen molar-refractivity contribution in [2.24, 2.45) is 17.3 Å². The molecular weight excluding hydrogens is 301 g/mol. The topological polar surface area (TPSA) is 29.1 Å². The van der Waals surface area contributed by atoms with Crippen LogP contribution in [0.15, 0.2) is 24.3 Å². The summed E-state index contributed by atoms with van der Waals surface area (Å²) in [6, 6.07) is 6.61. The minimum Gasteiger partial charge on any atom is -0.351 e. The third-order valence-electron chi connectivity index (χ3n) is 5.87. The second-order valence-electron chi connectivity index (χ2n) is 7.67. The molecule has 1 aromatic rings. The van der Waals surface area contributed by atoms with Crippen LogP contribution in [0, 0.1) is 23.1 Å². The van der Waals surface area contributed by atoms with E-state index in [1.807, 2.05) is 0 Å². The molecule has 1 aromatic carbocycles. The number of hydrogen-bond acceptors (Lipinski definition) is 1. The van der Waals surface area contributed by atoms with Gasteiger partial charge in [-0.15, -0.1) is 11.6 Å². The molecular formula is C18H21ClFNO. The van der Waals surface area contributed by atoms with Crippen molar-refractivity contribution in [3.8, 4) is 0 Å². The molecule has 1 N–H and O–H groups in total. The van der Waals surface area contributed by atoms with E-state index in [0.29, 0.717) is 17.4 Å². The zero-order valence-electron chi connectivity index (χ0n) is 12.6. The summed E-state index contributed by atoms with van der Waals surface area (Å²) in [4.78, 5) is 12.7. The number of nitrogens with one attached hydrogen (secondary N) is 1. The molecule has 4 bridgehead atoms.